The summed E-state index contributed by atoms with van der Waals surface area (Å²) < 4.78 is 2.08. The Bertz CT molecular complexity index is 529. The molecule has 1 amide bonds. The molecular weight excluding hydrogens is 309 g/mol. The molecule has 2 heterocycles. The third kappa shape index (κ3) is 2.80. The topological polar surface area (TPSA) is 72.7 Å². The van der Waals surface area contributed by atoms with Crippen LogP contribution in [0.5, 0.6) is 0 Å². The SMILES string of the molecule is O=C(CCl)Nc1nn(-c2ncccn2)cc1Br. The van der Waals surface area contributed by atoms with Crippen LogP contribution in [0, 0.1) is 0 Å². The van der Waals surface area contributed by atoms with Crippen LogP contribution in [-0.2, 0) is 4.79 Å². The number of carbonyl (C=O) groups excluding carboxylic acids is 1. The molecule has 0 saturated carbocycles. The van der Waals surface area contributed by atoms with Gasteiger partial charge in [0.25, 0.3) is 5.95 Å². The summed E-state index contributed by atoms with van der Waals surface area (Å²) in [6.07, 6.45) is 4.86. The average Bonchev–Trinajstić information content (AvgIpc) is 2.72. The van der Waals surface area contributed by atoms with Gasteiger partial charge in [0.2, 0.25) is 5.91 Å². The van der Waals surface area contributed by atoms with Crippen molar-refractivity contribution < 1.29 is 4.79 Å². The van der Waals surface area contributed by atoms with Gasteiger partial charge >= 0.3 is 0 Å². The number of hydrogen-bond acceptors (Lipinski definition) is 4. The number of nitrogens with zero attached hydrogens (tertiary/aromatic N) is 4. The van der Waals surface area contributed by atoms with Crippen LogP contribution in [-0.4, -0.2) is 31.5 Å². The summed E-state index contributed by atoms with van der Waals surface area (Å²) in [4.78, 5) is 19.2. The minimum absolute atomic E-state index is 0.124. The molecule has 0 fully saturated rings. The molecule has 1 N–H and O–H groups in total. The molecule has 0 aliphatic rings. The lowest BCUT2D eigenvalue weighted by atomic mass is 10.6. The van der Waals surface area contributed by atoms with Crippen molar-refractivity contribution in [3.05, 3.63) is 29.1 Å². The van der Waals surface area contributed by atoms with E-state index in [0.29, 0.717) is 16.2 Å². The lowest BCUT2D eigenvalue weighted by molar-refractivity contribution is -0.113. The molecule has 88 valence electrons. The fraction of sp³-hybridized carbons (Fsp3) is 0.111. The maximum absolute atomic E-state index is 11.1. The number of hydrogen-bond donors (Lipinski definition) is 1. The normalized spacial score (nSPS) is 10.2. The quantitative estimate of drug-likeness (QED) is 0.873. The summed E-state index contributed by atoms with van der Waals surface area (Å²) in [6.45, 7) is 0. The van der Waals surface area contributed by atoms with Gasteiger partial charge in [-0.3, -0.25) is 4.79 Å². The van der Waals surface area contributed by atoms with E-state index in [1.807, 2.05) is 0 Å². The van der Waals surface area contributed by atoms with Gasteiger partial charge in [-0.05, 0) is 22.0 Å². The molecule has 6 nitrogen and oxygen atoms in total. The molecule has 0 unspecified atom stereocenters. The number of carbonyl (C=O) groups is 1. The van der Waals surface area contributed by atoms with Crippen molar-refractivity contribution >= 4 is 39.3 Å². The Labute approximate surface area is 110 Å². The van der Waals surface area contributed by atoms with Gasteiger partial charge in [-0.15, -0.1) is 16.7 Å². The maximum atomic E-state index is 11.1. The Kier molecular flexibility index (Phi) is 3.70. The Balaban J connectivity index is 2.28. The zero-order chi connectivity index (χ0) is 12.3. The van der Waals surface area contributed by atoms with E-state index in [9.17, 15) is 4.79 Å². The van der Waals surface area contributed by atoms with Gasteiger partial charge < -0.3 is 5.32 Å². The first-order chi connectivity index (χ1) is 8.20. The monoisotopic (exact) mass is 315 g/mol. The second-order valence-corrected chi connectivity index (χ2v) is 4.12. The van der Waals surface area contributed by atoms with Crippen molar-refractivity contribution in [3.63, 3.8) is 0 Å². The van der Waals surface area contributed by atoms with Gasteiger partial charge in [0, 0.05) is 12.4 Å². The summed E-state index contributed by atoms with van der Waals surface area (Å²) in [5, 5.41) is 6.67. The van der Waals surface area contributed by atoms with E-state index in [0.717, 1.165) is 0 Å². The predicted molar refractivity (Wildman–Crippen MR) is 66.2 cm³/mol. The first kappa shape index (κ1) is 12.0. The molecule has 2 rings (SSSR count). The standard InChI is InChI=1S/C9H7BrClN5O/c10-6-5-16(9-12-2-1-3-13-9)15-8(6)14-7(17)4-11/h1-3,5H,4H2,(H,14,15,17). The zero-order valence-electron chi connectivity index (χ0n) is 8.47. The molecule has 0 saturated heterocycles. The van der Waals surface area contributed by atoms with Gasteiger partial charge in [-0.25, -0.2) is 14.6 Å². The first-order valence-electron chi connectivity index (χ1n) is 4.59. The largest absolute Gasteiger partial charge is 0.307 e. The Morgan fingerprint density at radius 3 is 2.82 bits per heavy atom. The third-order valence-electron chi connectivity index (χ3n) is 1.81. The van der Waals surface area contributed by atoms with Crippen molar-refractivity contribution in [3.8, 4) is 5.95 Å². The molecular formula is C9H7BrClN5O. The zero-order valence-corrected chi connectivity index (χ0v) is 10.8. The molecule has 0 spiro atoms. The highest BCUT2D eigenvalue weighted by molar-refractivity contribution is 9.10. The van der Waals surface area contributed by atoms with Crippen LogP contribution in [0.3, 0.4) is 0 Å². The van der Waals surface area contributed by atoms with Gasteiger partial charge in [-0.2, -0.15) is 0 Å². The van der Waals surface area contributed by atoms with Crippen LogP contribution in [0.2, 0.25) is 0 Å². The molecule has 0 bridgehead atoms. The number of amides is 1. The molecule has 17 heavy (non-hydrogen) atoms. The highest BCUT2D eigenvalue weighted by atomic mass is 79.9. The fourth-order valence-electron chi connectivity index (χ4n) is 1.12. The third-order valence-corrected chi connectivity index (χ3v) is 2.63. The Hall–Kier alpha value is -1.47. The molecule has 2 aromatic heterocycles. The lowest BCUT2D eigenvalue weighted by Crippen LogP contribution is -2.13. The highest BCUT2D eigenvalue weighted by Gasteiger charge is 2.11. The van der Waals surface area contributed by atoms with Crippen molar-refractivity contribution in [1.82, 2.24) is 19.7 Å². The summed E-state index contributed by atoms with van der Waals surface area (Å²) >= 11 is 8.67. The average molecular weight is 317 g/mol. The predicted octanol–water partition coefficient (Wildman–Crippen LogP) is 1.60. The van der Waals surface area contributed by atoms with E-state index in [2.05, 4.69) is 36.3 Å². The maximum Gasteiger partial charge on any atom is 0.250 e. The van der Waals surface area contributed by atoms with Gasteiger partial charge in [0.05, 0.1) is 10.7 Å². The van der Waals surface area contributed by atoms with E-state index < -0.39 is 0 Å². The Morgan fingerprint density at radius 1 is 1.47 bits per heavy atom. The minimum Gasteiger partial charge on any atom is -0.307 e. The van der Waals surface area contributed by atoms with Crippen molar-refractivity contribution in [2.45, 2.75) is 0 Å². The van der Waals surface area contributed by atoms with Crippen molar-refractivity contribution in [2.75, 3.05) is 11.2 Å². The van der Waals surface area contributed by atoms with Crippen LogP contribution in [0.15, 0.2) is 29.1 Å². The van der Waals surface area contributed by atoms with Crippen LogP contribution in [0.1, 0.15) is 0 Å². The smallest absolute Gasteiger partial charge is 0.250 e. The number of aromatic nitrogens is 4. The van der Waals surface area contributed by atoms with Crippen LogP contribution < -0.4 is 5.32 Å². The van der Waals surface area contributed by atoms with E-state index in [1.54, 1.807) is 24.7 Å². The summed E-state index contributed by atoms with van der Waals surface area (Å²) in [7, 11) is 0. The molecule has 0 aromatic carbocycles. The molecule has 0 atom stereocenters. The van der Waals surface area contributed by atoms with E-state index in [1.165, 1.54) is 4.68 Å². The van der Waals surface area contributed by atoms with Gasteiger partial charge in [0.15, 0.2) is 5.82 Å². The molecule has 8 heteroatoms. The molecule has 0 aliphatic heterocycles. The second-order valence-electron chi connectivity index (χ2n) is 3.00. The van der Waals surface area contributed by atoms with Crippen molar-refractivity contribution in [1.29, 1.82) is 0 Å². The summed E-state index contributed by atoms with van der Waals surface area (Å²) in [5.74, 6) is 0.343. The van der Waals surface area contributed by atoms with Crippen LogP contribution >= 0.6 is 27.5 Å². The number of alkyl halides is 1. The van der Waals surface area contributed by atoms with Gasteiger partial charge in [0.1, 0.15) is 5.88 Å². The summed E-state index contributed by atoms with van der Waals surface area (Å²) in [5.41, 5.74) is 0. The van der Waals surface area contributed by atoms with E-state index >= 15 is 0 Å². The van der Waals surface area contributed by atoms with Crippen LogP contribution in [0.4, 0.5) is 5.82 Å². The number of nitrogens with one attached hydrogen (secondary N) is 1. The van der Waals surface area contributed by atoms with Gasteiger partial charge in [-0.1, -0.05) is 0 Å². The lowest BCUT2D eigenvalue weighted by Gasteiger charge is -1.98. The second kappa shape index (κ2) is 5.24. The number of rotatable bonds is 3. The van der Waals surface area contributed by atoms with E-state index in [4.69, 9.17) is 11.6 Å². The molecule has 0 radical (unpaired) electrons. The minimum atomic E-state index is -0.327. The molecule has 0 aliphatic carbocycles. The highest BCUT2D eigenvalue weighted by Crippen LogP contribution is 2.21. The molecule has 2 aromatic rings. The first-order valence-corrected chi connectivity index (χ1v) is 5.92. The Morgan fingerprint density at radius 2 is 2.18 bits per heavy atom. The van der Waals surface area contributed by atoms with Crippen LogP contribution in [0.25, 0.3) is 5.95 Å². The van der Waals surface area contributed by atoms with E-state index in [-0.39, 0.29) is 11.8 Å². The number of halogens is 2. The fourth-order valence-corrected chi connectivity index (χ4v) is 1.55. The van der Waals surface area contributed by atoms with Crippen molar-refractivity contribution in [2.24, 2.45) is 0 Å². The number of anilines is 1. The summed E-state index contributed by atoms with van der Waals surface area (Å²) in [6, 6.07) is 1.71.